The molecule has 1 amide bonds. The highest BCUT2D eigenvalue weighted by atomic mass is 79.9. The van der Waals surface area contributed by atoms with E-state index < -0.39 is 0 Å². The van der Waals surface area contributed by atoms with Gasteiger partial charge in [-0.1, -0.05) is 0 Å². The molecule has 1 aromatic heterocycles. The third-order valence-electron chi connectivity index (χ3n) is 2.93. The maximum absolute atomic E-state index is 12.0. The molecule has 0 bridgehead atoms. The van der Waals surface area contributed by atoms with Crippen molar-refractivity contribution in [3.05, 3.63) is 22.6 Å². The van der Waals surface area contributed by atoms with Crippen LogP contribution >= 0.6 is 15.9 Å². The van der Waals surface area contributed by atoms with E-state index in [1.807, 2.05) is 29.0 Å². The molecule has 0 aromatic carbocycles. The highest BCUT2D eigenvalue weighted by molar-refractivity contribution is 9.10. The first kappa shape index (κ1) is 13.6. The third-order valence-corrected chi connectivity index (χ3v) is 3.36. The van der Waals surface area contributed by atoms with Crippen molar-refractivity contribution in [3.8, 4) is 0 Å². The predicted octanol–water partition coefficient (Wildman–Crippen LogP) is 0.906. The van der Waals surface area contributed by atoms with Gasteiger partial charge in [0.1, 0.15) is 5.76 Å². The van der Waals surface area contributed by atoms with Gasteiger partial charge in [0.25, 0.3) is 0 Å². The van der Waals surface area contributed by atoms with E-state index in [0.29, 0.717) is 13.1 Å². The lowest BCUT2D eigenvalue weighted by atomic mass is 10.3. The van der Waals surface area contributed by atoms with E-state index in [9.17, 15) is 4.79 Å². The Hall–Kier alpha value is -0.850. The number of likely N-dealkylation sites (N-methyl/N-ethyl adjacent to an activating group) is 1. The molecular weight excluding hydrogens is 298 g/mol. The summed E-state index contributed by atoms with van der Waals surface area (Å²) < 4.78 is 6.14. The minimum atomic E-state index is 0.185. The largest absolute Gasteiger partial charge is 0.453 e. The average Bonchev–Trinajstić information content (AvgIpc) is 2.75. The maximum atomic E-state index is 12.0. The summed E-state index contributed by atoms with van der Waals surface area (Å²) in [4.78, 5) is 15.9. The molecule has 1 N–H and O–H groups in total. The lowest BCUT2D eigenvalue weighted by Gasteiger charge is -2.29. The number of piperazine rings is 1. The summed E-state index contributed by atoms with van der Waals surface area (Å²) in [5.41, 5.74) is 0. The molecule has 0 spiro atoms. The van der Waals surface area contributed by atoms with Gasteiger partial charge < -0.3 is 14.6 Å². The molecule has 1 aliphatic heterocycles. The molecule has 100 valence electrons. The van der Waals surface area contributed by atoms with Gasteiger partial charge in [0.05, 0.1) is 13.1 Å². The Kier molecular flexibility index (Phi) is 4.79. The molecule has 6 heteroatoms. The van der Waals surface area contributed by atoms with Crippen molar-refractivity contribution < 1.29 is 9.21 Å². The van der Waals surface area contributed by atoms with Crippen molar-refractivity contribution in [2.24, 2.45) is 0 Å². The van der Waals surface area contributed by atoms with E-state index in [1.54, 1.807) is 0 Å². The molecule has 5 nitrogen and oxygen atoms in total. The molecular formula is C12H18BrN3O2. The smallest absolute Gasteiger partial charge is 0.236 e. The Morgan fingerprint density at radius 1 is 1.50 bits per heavy atom. The van der Waals surface area contributed by atoms with Crippen LogP contribution in [-0.2, 0) is 11.3 Å². The van der Waals surface area contributed by atoms with E-state index in [2.05, 4.69) is 21.2 Å². The van der Waals surface area contributed by atoms with Crippen molar-refractivity contribution >= 4 is 21.8 Å². The number of nitrogens with zero attached hydrogens (tertiary/aromatic N) is 2. The van der Waals surface area contributed by atoms with Gasteiger partial charge in [-0.25, -0.2) is 0 Å². The molecule has 0 unspecified atom stereocenters. The summed E-state index contributed by atoms with van der Waals surface area (Å²) in [5, 5.41) is 3.24. The van der Waals surface area contributed by atoms with Gasteiger partial charge in [0, 0.05) is 26.2 Å². The second-order valence-corrected chi connectivity index (χ2v) is 5.29. The molecule has 0 aliphatic carbocycles. The monoisotopic (exact) mass is 315 g/mol. The lowest BCUT2D eigenvalue weighted by molar-refractivity contribution is -0.132. The van der Waals surface area contributed by atoms with Crippen LogP contribution in [-0.4, -0.2) is 55.5 Å². The number of furan rings is 1. The van der Waals surface area contributed by atoms with E-state index in [1.165, 1.54) is 0 Å². The van der Waals surface area contributed by atoms with E-state index in [0.717, 1.165) is 36.6 Å². The fourth-order valence-corrected chi connectivity index (χ4v) is 2.34. The third kappa shape index (κ3) is 3.83. The van der Waals surface area contributed by atoms with Gasteiger partial charge in [-0.3, -0.25) is 9.69 Å². The molecule has 1 aliphatic rings. The van der Waals surface area contributed by atoms with Crippen LogP contribution in [0.3, 0.4) is 0 Å². The Balaban J connectivity index is 1.79. The highest BCUT2D eigenvalue weighted by Gasteiger charge is 2.17. The van der Waals surface area contributed by atoms with Gasteiger partial charge in [-0.15, -0.1) is 0 Å². The van der Waals surface area contributed by atoms with Crippen molar-refractivity contribution in [2.45, 2.75) is 6.54 Å². The van der Waals surface area contributed by atoms with E-state index in [-0.39, 0.29) is 5.91 Å². The topological polar surface area (TPSA) is 48.7 Å². The second kappa shape index (κ2) is 6.36. The van der Waals surface area contributed by atoms with Crippen LogP contribution in [0.25, 0.3) is 0 Å². The number of halogens is 1. The number of nitrogens with one attached hydrogen (secondary N) is 1. The number of hydrogen-bond acceptors (Lipinski definition) is 4. The maximum Gasteiger partial charge on any atom is 0.236 e. The summed E-state index contributed by atoms with van der Waals surface area (Å²) in [7, 11) is 1.93. The fourth-order valence-electron chi connectivity index (χ4n) is 2.00. The fraction of sp³-hybridized carbons (Fsp3) is 0.583. The van der Waals surface area contributed by atoms with Gasteiger partial charge in [-0.05, 0) is 35.1 Å². The van der Waals surface area contributed by atoms with Crippen LogP contribution in [0.2, 0.25) is 0 Å². The van der Waals surface area contributed by atoms with Gasteiger partial charge >= 0.3 is 0 Å². The van der Waals surface area contributed by atoms with Crippen LogP contribution < -0.4 is 5.32 Å². The van der Waals surface area contributed by atoms with Crippen molar-refractivity contribution in [2.75, 3.05) is 39.8 Å². The zero-order chi connectivity index (χ0) is 13.0. The van der Waals surface area contributed by atoms with Crippen LogP contribution in [0.15, 0.2) is 21.2 Å². The molecule has 0 atom stereocenters. The molecule has 0 radical (unpaired) electrons. The van der Waals surface area contributed by atoms with Crippen LogP contribution in [0.1, 0.15) is 5.76 Å². The molecule has 18 heavy (non-hydrogen) atoms. The summed E-state index contributed by atoms with van der Waals surface area (Å²) in [6.07, 6.45) is 0. The average molecular weight is 316 g/mol. The first-order chi connectivity index (χ1) is 8.65. The second-order valence-electron chi connectivity index (χ2n) is 4.51. The lowest BCUT2D eigenvalue weighted by Crippen LogP contribution is -2.49. The minimum absolute atomic E-state index is 0.185. The normalized spacial score (nSPS) is 16.3. The molecule has 0 saturated carbocycles. The zero-order valence-corrected chi connectivity index (χ0v) is 12.1. The zero-order valence-electron chi connectivity index (χ0n) is 10.5. The molecule has 1 saturated heterocycles. The molecule has 2 rings (SSSR count). The standard InChI is InChI=1S/C12H18BrN3O2/c1-15(8-10-2-3-11(13)18-10)9-12(17)16-6-4-14-5-7-16/h2-3,14H,4-9H2,1H3. The summed E-state index contributed by atoms with van der Waals surface area (Å²) >= 11 is 3.27. The first-order valence-electron chi connectivity index (χ1n) is 6.06. The SMILES string of the molecule is CN(CC(=O)N1CCNCC1)Cc1ccc(Br)o1. The molecule has 1 fully saturated rings. The van der Waals surface area contributed by atoms with Crippen LogP contribution in [0, 0.1) is 0 Å². The number of hydrogen-bond donors (Lipinski definition) is 1. The van der Waals surface area contributed by atoms with Gasteiger partial charge in [0.2, 0.25) is 5.91 Å². The first-order valence-corrected chi connectivity index (χ1v) is 6.85. The number of carbonyl (C=O) groups excluding carboxylic acids is 1. The Morgan fingerprint density at radius 3 is 2.83 bits per heavy atom. The van der Waals surface area contributed by atoms with Crippen LogP contribution in [0.4, 0.5) is 0 Å². The summed E-state index contributed by atoms with van der Waals surface area (Å²) in [6.45, 7) is 4.46. The quantitative estimate of drug-likeness (QED) is 0.897. The van der Waals surface area contributed by atoms with Crippen molar-refractivity contribution in [1.29, 1.82) is 0 Å². The highest BCUT2D eigenvalue weighted by Crippen LogP contribution is 2.15. The van der Waals surface area contributed by atoms with Gasteiger partial charge in [-0.2, -0.15) is 0 Å². The van der Waals surface area contributed by atoms with Crippen LogP contribution in [0.5, 0.6) is 0 Å². The van der Waals surface area contributed by atoms with Crippen molar-refractivity contribution in [3.63, 3.8) is 0 Å². The minimum Gasteiger partial charge on any atom is -0.453 e. The molecule has 2 heterocycles. The molecule has 1 aromatic rings. The van der Waals surface area contributed by atoms with E-state index >= 15 is 0 Å². The number of rotatable bonds is 4. The Bertz CT molecular complexity index is 402. The summed E-state index contributed by atoms with van der Waals surface area (Å²) in [6, 6.07) is 3.77. The van der Waals surface area contributed by atoms with Crippen molar-refractivity contribution in [1.82, 2.24) is 15.1 Å². The number of carbonyl (C=O) groups is 1. The van der Waals surface area contributed by atoms with Gasteiger partial charge in [0.15, 0.2) is 4.67 Å². The van der Waals surface area contributed by atoms with E-state index in [4.69, 9.17) is 4.42 Å². The predicted molar refractivity (Wildman–Crippen MR) is 72.2 cm³/mol. The Labute approximate surface area is 115 Å². The Morgan fingerprint density at radius 2 is 2.22 bits per heavy atom. The summed E-state index contributed by atoms with van der Waals surface area (Å²) in [5.74, 6) is 1.04. The number of amides is 1.